The fourth-order valence-electron chi connectivity index (χ4n) is 2.30. The molecule has 94 valence electrons. The average molecular weight is 240 g/mol. The smallest absolute Gasteiger partial charge is 0.160 e. The van der Waals surface area contributed by atoms with Crippen LogP contribution in [0.25, 0.3) is 0 Å². The average Bonchev–Trinajstić information content (AvgIpc) is 2.33. The molecule has 1 fully saturated rings. The zero-order valence-corrected chi connectivity index (χ0v) is 10.3. The van der Waals surface area contributed by atoms with E-state index >= 15 is 0 Å². The molecule has 1 aromatic carbocycles. The van der Waals surface area contributed by atoms with Gasteiger partial charge in [-0.3, -0.25) is 0 Å². The summed E-state index contributed by atoms with van der Waals surface area (Å²) < 4.78 is 26.0. The highest BCUT2D eigenvalue weighted by Crippen LogP contribution is 2.23. The maximum absolute atomic E-state index is 13.2. The summed E-state index contributed by atoms with van der Waals surface area (Å²) in [6.45, 7) is 2.11. The van der Waals surface area contributed by atoms with Crippen molar-refractivity contribution in [2.45, 2.75) is 18.9 Å². The van der Waals surface area contributed by atoms with Gasteiger partial charge in [0, 0.05) is 24.8 Å². The van der Waals surface area contributed by atoms with Crippen LogP contribution >= 0.6 is 0 Å². The van der Waals surface area contributed by atoms with E-state index in [0.29, 0.717) is 6.04 Å². The van der Waals surface area contributed by atoms with Crippen molar-refractivity contribution in [1.82, 2.24) is 4.90 Å². The van der Waals surface area contributed by atoms with Crippen LogP contribution in [0.2, 0.25) is 0 Å². The van der Waals surface area contributed by atoms with Gasteiger partial charge in [-0.25, -0.2) is 8.78 Å². The van der Waals surface area contributed by atoms with Gasteiger partial charge in [0.1, 0.15) is 0 Å². The molecule has 0 aromatic heterocycles. The van der Waals surface area contributed by atoms with Gasteiger partial charge < -0.3 is 9.80 Å². The maximum Gasteiger partial charge on any atom is 0.160 e. The number of likely N-dealkylation sites (tertiary alicyclic amines) is 1. The number of halogens is 2. The minimum absolute atomic E-state index is 0.413. The molecular weight excluding hydrogens is 222 g/mol. The highest BCUT2D eigenvalue weighted by atomic mass is 19.2. The Bertz CT molecular complexity index is 387. The Hall–Kier alpha value is -1.16. The van der Waals surface area contributed by atoms with Gasteiger partial charge in [0.2, 0.25) is 0 Å². The van der Waals surface area contributed by atoms with E-state index in [2.05, 4.69) is 16.8 Å². The summed E-state index contributed by atoms with van der Waals surface area (Å²) in [7, 11) is 4.05. The summed E-state index contributed by atoms with van der Waals surface area (Å²) in [5, 5.41) is 0. The predicted octanol–water partition coefficient (Wildman–Crippen LogP) is 2.50. The zero-order chi connectivity index (χ0) is 12.4. The first-order valence-electron chi connectivity index (χ1n) is 5.94. The second-order valence-electron chi connectivity index (χ2n) is 4.74. The second-order valence-corrected chi connectivity index (χ2v) is 4.74. The molecule has 4 heteroatoms. The number of benzene rings is 1. The number of nitrogens with zero attached hydrogens (tertiary/aromatic N) is 2. The molecule has 0 N–H and O–H groups in total. The van der Waals surface area contributed by atoms with Crippen LogP contribution in [0.15, 0.2) is 18.2 Å². The predicted molar refractivity (Wildman–Crippen MR) is 65.3 cm³/mol. The van der Waals surface area contributed by atoms with Crippen molar-refractivity contribution in [2.24, 2.45) is 0 Å². The van der Waals surface area contributed by atoms with E-state index in [1.165, 1.54) is 12.1 Å². The normalized spacial score (nSPS) is 18.4. The molecule has 0 aliphatic carbocycles. The molecule has 1 saturated heterocycles. The largest absolute Gasteiger partial charge is 0.371 e. The molecule has 0 bridgehead atoms. The fraction of sp³-hybridized carbons (Fsp3) is 0.538. The van der Waals surface area contributed by atoms with Crippen molar-refractivity contribution >= 4 is 5.69 Å². The molecule has 2 rings (SSSR count). The SMILES string of the molecule is CN1CCC(N(C)c2ccc(F)c(F)c2)CC1. The van der Waals surface area contributed by atoms with E-state index in [0.717, 1.165) is 31.6 Å². The molecule has 2 nitrogen and oxygen atoms in total. The van der Waals surface area contributed by atoms with Gasteiger partial charge in [0.05, 0.1) is 0 Å². The molecule has 0 spiro atoms. The summed E-state index contributed by atoms with van der Waals surface area (Å²) in [6.07, 6.45) is 2.12. The monoisotopic (exact) mass is 240 g/mol. The summed E-state index contributed by atoms with van der Waals surface area (Å²) in [5.74, 6) is -1.56. The van der Waals surface area contributed by atoms with Crippen molar-refractivity contribution in [3.8, 4) is 0 Å². The number of hydrogen-bond donors (Lipinski definition) is 0. The molecule has 1 aliphatic heterocycles. The van der Waals surface area contributed by atoms with E-state index in [-0.39, 0.29) is 0 Å². The van der Waals surface area contributed by atoms with E-state index in [4.69, 9.17) is 0 Å². The van der Waals surface area contributed by atoms with E-state index in [1.54, 1.807) is 6.07 Å². The van der Waals surface area contributed by atoms with Crippen LogP contribution in [0.4, 0.5) is 14.5 Å². The third kappa shape index (κ3) is 2.75. The highest BCUT2D eigenvalue weighted by molar-refractivity contribution is 5.47. The van der Waals surface area contributed by atoms with Gasteiger partial charge >= 0.3 is 0 Å². The van der Waals surface area contributed by atoms with E-state index in [1.807, 2.05) is 7.05 Å². The molecule has 1 heterocycles. The molecular formula is C13H18F2N2. The minimum atomic E-state index is -0.787. The lowest BCUT2D eigenvalue weighted by molar-refractivity contribution is 0.253. The van der Waals surface area contributed by atoms with Crippen LogP contribution in [0.1, 0.15) is 12.8 Å². The Morgan fingerprint density at radius 2 is 1.82 bits per heavy atom. The molecule has 0 saturated carbocycles. The number of piperidine rings is 1. The van der Waals surface area contributed by atoms with Crippen LogP contribution in [0.3, 0.4) is 0 Å². The summed E-state index contributed by atoms with van der Waals surface area (Å²) >= 11 is 0. The Labute approximate surface area is 101 Å². The van der Waals surface area contributed by atoms with Gasteiger partial charge in [-0.2, -0.15) is 0 Å². The molecule has 0 unspecified atom stereocenters. The summed E-state index contributed by atoms with van der Waals surface area (Å²) in [5.41, 5.74) is 0.749. The number of anilines is 1. The van der Waals surface area contributed by atoms with Crippen LogP contribution in [-0.4, -0.2) is 38.1 Å². The van der Waals surface area contributed by atoms with Gasteiger partial charge in [0.25, 0.3) is 0 Å². The van der Waals surface area contributed by atoms with Gasteiger partial charge in [-0.1, -0.05) is 0 Å². The minimum Gasteiger partial charge on any atom is -0.371 e. The molecule has 0 atom stereocenters. The van der Waals surface area contributed by atoms with Crippen LogP contribution in [0, 0.1) is 11.6 Å². The topological polar surface area (TPSA) is 6.48 Å². The van der Waals surface area contributed by atoms with Gasteiger partial charge in [-0.15, -0.1) is 0 Å². The standard InChI is InChI=1S/C13H18F2N2/c1-16-7-5-10(6-8-16)17(2)11-3-4-12(14)13(15)9-11/h3-4,9-10H,5-8H2,1-2H3. The van der Waals surface area contributed by atoms with Crippen molar-refractivity contribution in [3.63, 3.8) is 0 Å². The van der Waals surface area contributed by atoms with Crippen molar-refractivity contribution in [3.05, 3.63) is 29.8 Å². The van der Waals surface area contributed by atoms with Crippen LogP contribution < -0.4 is 4.90 Å². The molecule has 17 heavy (non-hydrogen) atoms. The quantitative estimate of drug-likeness (QED) is 0.783. The third-order valence-corrected chi connectivity index (χ3v) is 3.55. The first-order valence-corrected chi connectivity index (χ1v) is 5.94. The zero-order valence-electron chi connectivity index (χ0n) is 10.3. The van der Waals surface area contributed by atoms with Crippen LogP contribution in [0.5, 0.6) is 0 Å². The lowest BCUT2D eigenvalue weighted by Crippen LogP contribution is -2.42. The molecule has 1 aromatic rings. The lowest BCUT2D eigenvalue weighted by Gasteiger charge is -2.36. The Kier molecular flexibility index (Phi) is 3.62. The van der Waals surface area contributed by atoms with E-state index < -0.39 is 11.6 Å². The fourth-order valence-corrected chi connectivity index (χ4v) is 2.30. The maximum atomic E-state index is 13.2. The lowest BCUT2D eigenvalue weighted by atomic mass is 10.0. The van der Waals surface area contributed by atoms with Crippen molar-refractivity contribution in [2.75, 3.05) is 32.1 Å². The summed E-state index contributed by atoms with van der Waals surface area (Å²) in [6, 6.07) is 4.51. The molecule has 1 aliphatic rings. The van der Waals surface area contributed by atoms with E-state index in [9.17, 15) is 8.78 Å². The van der Waals surface area contributed by atoms with Crippen molar-refractivity contribution < 1.29 is 8.78 Å². The first kappa shape index (κ1) is 12.3. The summed E-state index contributed by atoms with van der Waals surface area (Å²) in [4.78, 5) is 4.34. The van der Waals surface area contributed by atoms with Gasteiger partial charge in [0.15, 0.2) is 11.6 Å². The second kappa shape index (κ2) is 5.00. The Morgan fingerprint density at radius 1 is 1.18 bits per heavy atom. The Morgan fingerprint density at radius 3 is 2.41 bits per heavy atom. The third-order valence-electron chi connectivity index (χ3n) is 3.55. The Balaban J connectivity index is 2.08. The number of hydrogen-bond acceptors (Lipinski definition) is 2. The van der Waals surface area contributed by atoms with Gasteiger partial charge in [-0.05, 0) is 45.1 Å². The molecule has 0 amide bonds. The first-order chi connectivity index (χ1) is 8.08. The highest BCUT2D eigenvalue weighted by Gasteiger charge is 2.21. The molecule has 0 radical (unpaired) electrons. The van der Waals surface area contributed by atoms with Crippen molar-refractivity contribution in [1.29, 1.82) is 0 Å². The number of rotatable bonds is 2. The van der Waals surface area contributed by atoms with Crippen LogP contribution in [-0.2, 0) is 0 Å².